The van der Waals surface area contributed by atoms with Crippen LogP contribution in [0.15, 0.2) is 0 Å². The van der Waals surface area contributed by atoms with Gasteiger partial charge in [0.2, 0.25) is 0 Å². The van der Waals surface area contributed by atoms with Crippen LogP contribution >= 0.6 is 0 Å². The van der Waals surface area contributed by atoms with Crippen LogP contribution in [0.1, 0.15) is 25.7 Å². The molecule has 1 saturated heterocycles. The number of ether oxygens (including phenoxy) is 1. The highest BCUT2D eigenvalue weighted by Crippen LogP contribution is 2.48. The number of rotatable bonds is 3. The van der Waals surface area contributed by atoms with E-state index in [9.17, 15) is 13.2 Å². The topological polar surface area (TPSA) is 21.3 Å². The Morgan fingerprint density at radius 2 is 2.07 bits per heavy atom. The van der Waals surface area contributed by atoms with Crippen molar-refractivity contribution in [2.24, 2.45) is 5.92 Å². The number of hydrogen-bond acceptors (Lipinski definition) is 2. The maximum absolute atomic E-state index is 12.6. The molecule has 15 heavy (non-hydrogen) atoms. The molecule has 1 unspecified atom stereocenters. The summed E-state index contributed by atoms with van der Waals surface area (Å²) < 4.78 is 42.9. The minimum absolute atomic E-state index is 0.226. The van der Waals surface area contributed by atoms with Crippen molar-refractivity contribution in [1.29, 1.82) is 0 Å². The van der Waals surface area contributed by atoms with Gasteiger partial charge in [-0.25, -0.2) is 0 Å². The molecule has 2 nitrogen and oxygen atoms in total. The van der Waals surface area contributed by atoms with Crippen LogP contribution in [0, 0.1) is 5.92 Å². The van der Waals surface area contributed by atoms with Gasteiger partial charge in [-0.05, 0) is 31.6 Å². The lowest BCUT2D eigenvalue weighted by Crippen LogP contribution is -2.47. The van der Waals surface area contributed by atoms with Crippen molar-refractivity contribution in [3.63, 3.8) is 0 Å². The van der Waals surface area contributed by atoms with E-state index >= 15 is 0 Å². The predicted octanol–water partition coefficient (Wildman–Crippen LogP) is 2.10. The average molecular weight is 223 g/mol. The van der Waals surface area contributed by atoms with Crippen LogP contribution in [0.5, 0.6) is 0 Å². The second-order valence-electron chi connectivity index (χ2n) is 4.54. The highest BCUT2D eigenvalue weighted by Gasteiger charge is 2.63. The molecule has 0 spiro atoms. The molecule has 5 heteroatoms. The molecule has 2 aliphatic rings. The summed E-state index contributed by atoms with van der Waals surface area (Å²) in [4.78, 5) is 0. The number of hydrogen-bond donors (Lipinski definition) is 1. The van der Waals surface area contributed by atoms with Gasteiger partial charge in [-0.3, -0.25) is 0 Å². The van der Waals surface area contributed by atoms with Gasteiger partial charge in [-0.1, -0.05) is 0 Å². The molecular weight excluding hydrogens is 207 g/mol. The van der Waals surface area contributed by atoms with Crippen LogP contribution in [0.4, 0.5) is 13.2 Å². The third kappa shape index (κ3) is 2.45. The molecular formula is C10H16F3NO. The summed E-state index contributed by atoms with van der Waals surface area (Å²) in [7, 11) is 0. The van der Waals surface area contributed by atoms with Gasteiger partial charge in [0.1, 0.15) is 5.54 Å². The van der Waals surface area contributed by atoms with Crippen molar-refractivity contribution in [2.45, 2.75) is 37.4 Å². The van der Waals surface area contributed by atoms with E-state index in [1.54, 1.807) is 0 Å². The van der Waals surface area contributed by atoms with Crippen LogP contribution in [0.25, 0.3) is 0 Å². The van der Waals surface area contributed by atoms with E-state index in [0.717, 1.165) is 19.4 Å². The largest absolute Gasteiger partial charge is 0.406 e. The van der Waals surface area contributed by atoms with Crippen molar-refractivity contribution in [2.75, 3.05) is 19.8 Å². The maximum Gasteiger partial charge on any atom is 0.406 e. The monoisotopic (exact) mass is 223 g/mol. The second-order valence-corrected chi connectivity index (χ2v) is 4.54. The molecule has 0 bridgehead atoms. The van der Waals surface area contributed by atoms with E-state index in [1.807, 2.05) is 0 Å². The van der Waals surface area contributed by atoms with Crippen molar-refractivity contribution < 1.29 is 17.9 Å². The van der Waals surface area contributed by atoms with E-state index in [4.69, 9.17) is 4.74 Å². The van der Waals surface area contributed by atoms with Crippen molar-refractivity contribution in [3.8, 4) is 0 Å². The molecule has 0 aromatic heterocycles. The van der Waals surface area contributed by atoms with Crippen LogP contribution in [0.3, 0.4) is 0 Å². The molecule has 88 valence electrons. The molecule has 0 amide bonds. The van der Waals surface area contributed by atoms with E-state index in [2.05, 4.69) is 5.32 Å². The quantitative estimate of drug-likeness (QED) is 0.791. The summed E-state index contributed by atoms with van der Waals surface area (Å²) in [5, 5.41) is 2.67. The summed E-state index contributed by atoms with van der Waals surface area (Å²) in [5.41, 5.74) is -1.57. The van der Waals surface area contributed by atoms with E-state index in [1.165, 1.54) is 0 Å². The van der Waals surface area contributed by atoms with Gasteiger partial charge in [-0.15, -0.1) is 0 Å². The maximum atomic E-state index is 12.6. The fourth-order valence-corrected chi connectivity index (χ4v) is 1.99. The number of halogens is 3. The van der Waals surface area contributed by atoms with Gasteiger partial charge < -0.3 is 10.1 Å². The van der Waals surface area contributed by atoms with Crippen LogP contribution in [0.2, 0.25) is 0 Å². The Balaban J connectivity index is 1.77. The molecule has 1 heterocycles. The second kappa shape index (κ2) is 3.94. The molecule has 1 aliphatic carbocycles. The van der Waals surface area contributed by atoms with Crippen LogP contribution < -0.4 is 5.32 Å². The fraction of sp³-hybridized carbons (Fsp3) is 1.00. The fourth-order valence-electron chi connectivity index (χ4n) is 1.99. The highest BCUT2D eigenvalue weighted by atomic mass is 19.4. The standard InChI is InChI=1S/C10H16F3NO/c11-10(12,13)9(3-4-9)14-6-8-2-1-5-15-7-8/h8,14H,1-7H2. The third-order valence-electron chi connectivity index (χ3n) is 3.28. The van der Waals surface area contributed by atoms with Crippen LogP contribution in [-0.2, 0) is 4.74 Å². The Morgan fingerprint density at radius 1 is 1.33 bits per heavy atom. The molecule has 1 saturated carbocycles. The first-order chi connectivity index (χ1) is 7.04. The molecule has 1 atom stereocenters. The summed E-state index contributed by atoms with van der Waals surface area (Å²) >= 11 is 0. The Bertz CT molecular complexity index is 219. The zero-order valence-electron chi connectivity index (χ0n) is 8.57. The number of nitrogens with one attached hydrogen (secondary N) is 1. The van der Waals surface area contributed by atoms with Crippen LogP contribution in [-0.4, -0.2) is 31.5 Å². The highest BCUT2D eigenvalue weighted by molar-refractivity contribution is 5.08. The molecule has 0 aromatic rings. The predicted molar refractivity (Wildman–Crippen MR) is 49.6 cm³/mol. The Labute approximate surface area is 87.2 Å². The molecule has 2 rings (SSSR count). The van der Waals surface area contributed by atoms with E-state index in [-0.39, 0.29) is 18.8 Å². The summed E-state index contributed by atoms with van der Waals surface area (Å²) in [6.45, 7) is 1.78. The normalized spacial score (nSPS) is 30.2. The van der Waals surface area contributed by atoms with E-state index < -0.39 is 11.7 Å². The van der Waals surface area contributed by atoms with Gasteiger partial charge in [0.25, 0.3) is 0 Å². The van der Waals surface area contributed by atoms with Gasteiger partial charge in [0, 0.05) is 13.2 Å². The number of alkyl halides is 3. The molecule has 1 aliphatic heterocycles. The summed E-state index contributed by atoms with van der Waals surface area (Å²) in [6, 6.07) is 0. The van der Waals surface area contributed by atoms with Crippen molar-refractivity contribution in [3.05, 3.63) is 0 Å². The first-order valence-electron chi connectivity index (χ1n) is 5.43. The minimum Gasteiger partial charge on any atom is -0.381 e. The molecule has 1 N–H and O–H groups in total. The lowest BCUT2D eigenvalue weighted by molar-refractivity contribution is -0.166. The third-order valence-corrected chi connectivity index (χ3v) is 3.28. The average Bonchev–Trinajstić information content (AvgIpc) is 2.96. The lowest BCUT2D eigenvalue weighted by atomic mass is 10.0. The van der Waals surface area contributed by atoms with E-state index in [0.29, 0.717) is 13.2 Å². The Morgan fingerprint density at radius 3 is 2.53 bits per heavy atom. The van der Waals surface area contributed by atoms with Gasteiger partial charge >= 0.3 is 6.18 Å². The first kappa shape index (κ1) is 11.2. The smallest absolute Gasteiger partial charge is 0.381 e. The zero-order chi connectivity index (χ0) is 10.9. The zero-order valence-corrected chi connectivity index (χ0v) is 8.57. The molecule has 2 fully saturated rings. The lowest BCUT2D eigenvalue weighted by Gasteiger charge is -2.26. The van der Waals surface area contributed by atoms with Gasteiger partial charge in [-0.2, -0.15) is 13.2 Å². The SMILES string of the molecule is FC(F)(F)C1(NCC2CCCOC2)CC1. The summed E-state index contributed by atoms with van der Waals surface area (Å²) in [5.74, 6) is 0.249. The minimum atomic E-state index is -4.09. The van der Waals surface area contributed by atoms with Gasteiger partial charge in [0.15, 0.2) is 0 Å². The molecule has 0 radical (unpaired) electrons. The molecule has 0 aromatic carbocycles. The van der Waals surface area contributed by atoms with Crippen molar-refractivity contribution in [1.82, 2.24) is 5.32 Å². The first-order valence-corrected chi connectivity index (χ1v) is 5.43. The Kier molecular flexibility index (Phi) is 2.94. The Hall–Kier alpha value is -0.290. The summed E-state index contributed by atoms with van der Waals surface area (Å²) in [6.07, 6.45) is -1.71. The van der Waals surface area contributed by atoms with Crippen molar-refractivity contribution >= 4 is 0 Å². The van der Waals surface area contributed by atoms with Gasteiger partial charge in [0.05, 0.1) is 6.61 Å².